The van der Waals surface area contributed by atoms with Gasteiger partial charge in [-0.25, -0.2) is 4.79 Å². The van der Waals surface area contributed by atoms with E-state index in [0.29, 0.717) is 24.2 Å². The van der Waals surface area contributed by atoms with Crippen molar-refractivity contribution in [2.45, 2.75) is 32.4 Å². The summed E-state index contributed by atoms with van der Waals surface area (Å²) in [6, 6.07) is 23.8. The molecule has 0 unspecified atom stereocenters. The van der Waals surface area contributed by atoms with Gasteiger partial charge < -0.3 is 10.1 Å². The molecule has 4 rings (SSSR count). The molecule has 1 heterocycles. The zero-order chi connectivity index (χ0) is 23.2. The minimum atomic E-state index is -0.563. The smallest absolute Gasteiger partial charge is 0.410 e. The van der Waals surface area contributed by atoms with Gasteiger partial charge in [0.1, 0.15) is 12.6 Å². The summed E-state index contributed by atoms with van der Waals surface area (Å²) in [4.78, 5) is 38.6. The fourth-order valence-electron chi connectivity index (χ4n) is 3.96. The Morgan fingerprint density at radius 1 is 0.939 bits per heavy atom. The fraction of sp³-hybridized carbons (Fsp3) is 0.222. The van der Waals surface area contributed by atoms with Gasteiger partial charge in [-0.3, -0.25) is 14.5 Å². The van der Waals surface area contributed by atoms with Crippen molar-refractivity contribution in [3.8, 4) is 11.1 Å². The largest absolute Gasteiger partial charge is 0.445 e. The summed E-state index contributed by atoms with van der Waals surface area (Å²) in [5, 5.41) is 2.94. The van der Waals surface area contributed by atoms with Gasteiger partial charge in [-0.1, -0.05) is 66.7 Å². The maximum Gasteiger partial charge on any atom is 0.410 e. The molecule has 33 heavy (non-hydrogen) atoms. The molecule has 0 bridgehead atoms. The molecule has 6 heteroatoms. The predicted molar refractivity (Wildman–Crippen MR) is 127 cm³/mol. The molecule has 0 saturated carbocycles. The highest BCUT2D eigenvalue weighted by atomic mass is 16.6. The van der Waals surface area contributed by atoms with Crippen molar-refractivity contribution >= 4 is 23.5 Å². The topological polar surface area (TPSA) is 75.7 Å². The second-order valence-electron chi connectivity index (χ2n) is 8.10. The zero-order valence-corrected chi connectivity index (χ0v) is 18.5. The molecule has 0 radical (unpaired) electrons. The van der Waals surface area contributed by atoms with Crippen LogP contribution in [0.15, 0.2) is 78.9 Å². The Hall–Kier alpha value is -3.93. The lowest BCUT2D eigenvalue weighted by Gasteiger charge is -2.23. The third-order valence-electron chi connectivity index (χ3n) is 5.75. The minimum Gasteiger partial charge on any atom is -0.445 e. The number of carbonyl (C=O) groups is 3. The molecule has 3 aromatic rings. The standard InChI is InChI=1S/C27H26N2O4/c1-19(30)21-12-14-22(15-13-21)23-9-5-10-24(17-23)28-26(31)25-11-6-16-29(25)27(32)33-18-20-7-3-2-4-8-20/h2-5,7-10,12-15,17,25H,6,11,16,18H2,1H3,(H,28,31)/t25-/m0/s1. The van der Waals surface area contributed by atoms with Crippen molar-refractivity contribution in [2.24, 2.45) is 0 Å². The fourth-order valence-corrected chi connectivity index (χ4v) is 3.96. The normalized spacial score (nSPS) is 15.2. The van der Waals surface area contributed by atoms with E-state index in [4.69, 9.17) is 4.74 Å². The number of rotatable bonds is 6. The van der Waals surface area contributed by atoms with Gasteiger partial charge in [0.05, 0.1) is 0 Å². The lowest BCUT2D eigenvalue weighted by atomic mass is 10.0. The van der Waals surface area contributed by atoms with Crippen LogP contribution in [-0.2, 0) is 16.1 Å². The third-order valence-corrected chi connectivity index (χ3v) is 5.75. The number of nitrogens with one attached hydrogen (secondary N) is 1. The van der Waals surface area contributed by atoms with Gasteiger partial charge in [-0.2, -0.15) is 0 Å². The summed E-state index contributed by atoms with van der Waals surface area (Å²) in [6.45, 7) is 2.21. The highest BCUT2D eigenvalue weighted by Gasteiger charge is 2.35. The van der Waals surface area contributed by atoms with Crippen molar-refractivity contribution in [1.82, 2.24) is 4.90 Å². The van der Waals surface area contributed by atoms with Crippen LogP contribution in [0.25, 0.3) is 11.1 Å². The van der Waals surface area contributed by atoms with E-state index in [1.54, 1.807) is 12.1 Å². The first-order valence-corrected chi connectivity index (χ1v) is 11.0. The van der Waals surface area contributed by atoms with Crippen LogP contribution in [0.2, 0.25) is 0 Å². The molecular formula is C27H26N2O4. The predicted octanol–water partition coefficient (Wildman–Crippen LogP) is 5.30. The Bertz CT molecular complexity index is 1140. The molecule has 3 aromatic carbocycles. The van der Waals surface area contributed by atoms with Gasteiger partial charge in [0.2, 0.25) is 5.91 Å². The summed E-state index contributed by atoms with van der Waals surface area (Å²) >= 11 is 0. The Labute approximate surface area is 193 Å². The first-order valence-electron chi connectivity index (χ1n) is 11.0. The summed E-state index contributed by atoms with van der Waals surface area (Å²) in [5.41, 5.74) is 4.08. The van der Waals surface area contributed by atoms with Crippen molar-refractivity contribution in [3.05, 3.63) is 90.0 Å². The number of likely N-dealkylation sites (tertiary alicyclic amines) is 1. The van der Waals surface area contributed by atoms with Crippen LogP contribution in [0.3, 0.4) is 0 Å². The highest BCUT2D eigenvalue weighted by molar-refractivity contribution is 5.97. The quantitative estimate of drug-likeness (QED) is 0.526. The van der Waals surface area contributed by atoms with E-state index < -0.39 is 12.1 Å². The van der Waals surface area contributed by atoms with Crippen molar-refractivity contribution < 1.29 is 19.1 Å². The molecule has 1 N–H and O–H groups in total. The SMILES string of the molecule is CC(=O)c1ccc(-c2cccc(NC(=O)[C@@H]3CCCN3C(=O)OCc3ccccc3)c2)cc1. The molecule has 1 atom stereocenters. The molecule has 2 amide bonds. The molecule has 1 saturated heterocycles. The van der Waals surface area contributed by atoms with E-state index in [1.165, 1.54) is 11.8 Å². The van der Waals surface area contributed by atoms with Crippen molar-refractivity contribution in [1.29, 1.82) is 0 Å². The Balaban J connectivity index is 1.40. The number of carbonyl (C=O) groups excluding carboxylic acids is 3. The number of anilines is 1. The Kier molecular flexibility index (Phi) is 6.83. The minimum absolute atomic E-state index is 0.0194. The van der Waals surface area contributed by atoms with E-state index in [0.717, 1.165) is 23.1 Å². The number of benzene rings is 3. The van der Waals surface area contributed by atoms with Gasteiger partial charge in [0.25, 0.3) is 0 Å². The van der Waals surface area contributed by atoms with Gasteiger partial charge in [-0.15, -0.1) is 0 Å². The van der Waals surface area contributed by atoms with Crippen LogP contribution in [0, 0.1) is 0 Å². The Morgan fingerprint density at radius 2 is 1.70 bits per heavy atom. The summed E-state index contributed by atoms with van der Waals surface area (Å²) in [5.74, 6) is -0.209. The second kappa shape index (κ2) is 10.1. The maximum absolute atomic E-state index is 13.0. The van der Waals surface area contributed by atoms with E-state index in [1.807, 2.05) is 66.7 Å². The van der Waals surface area contributed by atoms with Gasteiger partial charge in [0.15, 0.2) is 5.78 Å². The highest BCUT2D eigenvalue weighted by Crippen LogP contribution is 2.25. The van der Waals surface area contributed by atoms with Crippen LogP contribution >= 0.6 is 0 Å². The van der Waals surface area contributed by atoms with E-state index >= 15 is 0 Å². The molecule has 1 aliphatic rings. The number of amides is 2. The van der Waals surface area contributed by atoms with Crippen LogP contribution in [-0.4, -0.2) is 35.3 Å². The van der Waals surface area contributed by atoms with Crippen LogP contribution < -0.4 is 5.32 Å². The first kappa shape index (κ1) is 22.3. The van der Waals surface area contributed by atoms with E-state index in [2.05, 4.69) is 5.32 Å². The average Bonchev–Trinajstić information content (AvgIpc) is 3.34. The molecule has 6 nitrogen and oxygen atoms in total. The zero-order valence-electron chi connectivity index (χ0n) is 18.5. The number of nitrogens with zero attached hydrogens (tertiary/aromatic N) is 1. The van der Waals surface area contributed by atoms with Gasteiger partial charge in [0, 0.05) is 17.8 Å². The average molecular weight is 443 g/mol. The molecule has 1 aliphatic heterocycles. The monoisotopic (exact) mass is 442 g/mol. The number of ketones is 1. The van der Waals surface area contributed by atoms with E-state index in [-0.39, 0.29) is 18.3 Å². The summed E-state index contributed by atoms with van der Waals surface area (Å²) in [6.07, 6.45) is 0.871. The summed E-state index contributed by atoms with van der Waals surface area (Å²) in [7, 11) is 0. The van der Waals surface area contributed by atoms with Crippen molar-refractivity contribution in [2.75, 3.05) is 11.9 Å². The molecule has 1 fully saturated rings. The van der Waals surface area contributed by atoms with Crippen molar-refractivity contribution in [3.63, 3.8) is 0 Å². The number of hydrogen-bond donors (Lipinski definition) is 1. The first-order chi connectivity index (χ1) is 16.0. The lowest BCUT2D eigenvalue weighted by molar-refractivity contribution is -0.120. The van der Waals surface area contributed by atoms with Crippen LogP contribution in [0.5, 0.6) is 0 Å². The van der Waals surface area contributed by atoms with Gasteiger partial charge >= 0.3 is 6.09 Å². The second-order valence-corrected chi connectivity index (χ2v) is 8.10. The molecular weight excluding hydrogens is 416 g/mol. The Morgan fingerprint density at radius 3 is 2.42 bits per heavy atom. The molecule has 0 spiro atoms. The van der Waals surface area contributed by atoms with Crippen LogP contribution in [0.1, 0.15) is 35.7 Å². The lowest BCUT2D eigenvalue weighted by Crippen LogP contribution is -2.43. The third kappa shape index (κ3) is 5.47. The van der Waals surface area contributed by atoms with E-state index in [9.17, 15) is 14.4 Å². The maximum atomic E-state index is 13.0. The number of Topliss-reactive ketones (excluding diaryl/α,β-unsaturated/α-hetero) is 1. The number of hydrogen-bond acceptors (Lipinski definition) is 4. The van der Waals surface area contributed by atoms with Gasteiger partial charge in [-0.05, 0) is 48.6 Å². The summed E-state index contributed by atoms with van der Waals surface area (Å²) < 4.78 is 5.43. The molecule has 0 aromatic heterocycles. The number of ether oxygens (including phenoxy) is 1. The van der Waals surface area contributed by atoms with Crippen LogP contribution in [0.4, 0.5) is 10.5 Å². The molecule has 0 aliphatic carbocycles. The molecule has 168 valence electrons.